The van der Waals surface area contributed by atoms with Crippen LogP contribution < -0.4 is 5.32 Å². The zero-order valence-corrected chi connectivity index (χ0v) is 15.4. The van der Waals surface area contributed by atoms with Crippen LogP contribution in [-0.2, 0) is 16.6 Å². The fourth-order valence-corrected chi connectivity index (χ4v) is 3.76. The third-order valence-corrected chi connectivity index (χ3v) is 5.53. The van der Waals surface area contributed by atoms with Gasteiger partial charge in [0.25, 0.3) is 0 Å². The molecule has 0 aromatic carbocycles. The van der Waals surface area contributed by atoms with Crippen LogP contribution in [0.2, 0.25) is 0 Å². The monoisotopic (exact) mass is 357 g/mol. The molecule has 2 amide bonds. The average Bonchev–Trinajstić information content (AvgIpc) is 3.22. The van der Waals surface area contributed by atoms with Crippen LogP contribution in [0.3, 0.4) is 0 Å². The Labute approximate surface area is 151 Å². The third kappa shape index (κ3) is 2.58. The van der Waals surface area contributed by atoms with E-state index >= 15 is 0 Å². The van der Waals surface area contributed by atoms with Crippen LogP contribution in [0.25, 0.3) is 0 Å². The fraction of sp³-hybridized carbons (Fsp3) is 0.588. The molecule has 26 heavy (non-hydrogen) atoms. The average molecular weight is 357 g/mol. The fourth-order valence-electron chi connectivity index (χ4n) is 3.76. The van der Waals surface area contributed by atoms with E-state index in [9.17, 15) is 9.59 Å². The first kappa shape index (κ1) is 16.7. The molecule has 0 bridgehead atoms. The second-order valence-electron chi connectivity index (χ2n) is 7.23. The van der Waals surface area contributed by atoms with Gasteiger partial charge in [0, 0.05) is 37.8 Å². The molecule has 4 rings (SSSR count). The highest BCUT2D eigenvalue weighted by atomic mass is 16.2. The van der Waals surface area contributed by atoms with Crippen molar-refractivity contribution in [2.75, 3.05) is 12.4 Å². The van der Waals surface area contributed by atoms with E-state index in [4.69, 9.17) is 0 Å². The van der Waals surface area contributed by atoms with Crippen molar-refractivity contribution in [3.8, 4) is 0 Å². The lowest BCUT2D eigenvalue weighted by molar-refractivity contribution is -0.128. The Morgan fingerprint density at radius 1 is 1.23 bits per heavy atom. The summed E-state index contributed by atoms with van der Waals surface area (Å²) in [6.07, 6.45) is 4.07. The van der Waals surface area contributed by atoms with E-state index in [2.05, 4.69) is 20.6 Å². The second kappa shape index (κ2) is 5.93. The zero-order chi connectivity index (χ0) is 18.6. The first-order valence-corrected chi connectivity index (χ1v) is 8.85. The Morgan fingerprint density at radius 3 is 2.58 bits per heavy atom. The van der Waals surface area contributed by atoms with Crippen LogP contribution in [0.1, 0.15) is 48.4 Å². The van der Waals surface area contributed by atoms with Crippen molar-refractivity contribution in [2.45, 2.75) is 45.2 Å². The van der Waals surface area contributed by atoms with E-state index in [1.54, 1.807) is 22.8 Å². The predicted molar refractivity (Wildman–Crippen MR) is 93.2 cm³/mol. The largest absolute Gasteiger partial charge is 0.338 e. The Balaban J connectivity index is 1.62. The van der Waals surface area contributed by atoms with Crippen molar-refractivity contribution in [3.05, 3.63) is 23.3 Å². The topological polar surface area (TPSA) is 97.9 Å². The number of carbonyl (C=O) groups is 2. The number of nitrogens with one attached hydrogen (secondary N) is 1. The van der Waals surface area contributed by atoms with E-state index in [1.807, 2.05) is 25.5 Å². The van der Waals surface area contributed by atoms with E-state index in [0.29, 0.717) is 12.0 Å². The summed E-state index contributed by atoms with van der Waals surface area (Å²) in [4.78, 5) is 27.0. The maximum atomic E-state index is 13.0. The zero-order valence-electron chi connectivity index (χ0n) is 15.4. The summed E-state index contributed by atoms with van der Waals surface area (Å²) in [6.45, 7) is 3.83. The number of hydrogen-bond donors (Lipinski definition) is 1. The lowest BCUT2D eigenvalue weighted by Gasteiger charge is -2.24. The van der Waals surface area contributed by atoms with E-state index in [1.165, 1.54) is 0 Å². The summed E-state index contributed by atoms with van der Waals surface area (Å²) < 4.78 is 3.73. The van der Waals surface area contributed by atoms with E-state index < -0.39 is 5.92 Å². The molecule has 1 aliphatic carbocycles. The van der Waals surface area contributed by atoms with Crippen LogP contribution in [0.5, 0.6) is 0 Å². The Morgan fingerprint density at radius 2 is 1.96 bits per heavy atom. The van der Waals surface area contributed by atoms with Gasteiger partial charge in [-0.1, -0.05) is 0 Å². The molecule has 3 heterocycles. The molecule has 1 saturated carbocycles. The standard InChI is InChI=1S/C17H23N7O2/c1-9-13(8-18-23(9)4)15-12(7-14(25)22(15)3)16(26)19-17-21-20-10(2)24(17)11-5-6-11/h8,11-12,15H,5-7H2,1-4H3,(H,19,21,26)/t12-,15-/m0/s1. The van der Waals surface area contributed by atoms with Gasteiger partial charge in [-0.05, 0) is 26.7 Å². The number of aryl methyl sites for hydroxylation is 2. The second-order valence-corrected chi connectivity index (χ2v) is 7.23. The number of hydrogen-bond acceptors (Lipinski definition) is 5. The number of likely N-dealkylation sites (tertiary alicyclic amines) is 1. The maximum Gasteiger partial charge on any atom is 0.232 e. The Bertz CT molecular complexity index is 880. The van der Waals surface area contributed by atoms with Gasteiger partial charge in [-0.15, -0.1) is 10.2 Å². The van der Waals surface area contributed by atoms with Crippen molar-refractivity contribution in [1.82, 2.24) is 29.4 Å². The van der Waals surface area contributed by atoms with Gasteiger partial charge in [0.15, 0.2) is 0 Å². The third-order valence-electron chi connectivity index (χ3n) is 5.53. The van der Waals surface area contributed by atoms with Crippen molar-refractivity contribution in [1.29, 1.82) is 0 Å². The van der Waals surface area contributed by atoms with E-state index in [0.717, 1.165) is 29.9 Å². The van der Waals surface area contributed by atoms with Crippen molar-refractivity contribution in [3.63, 3.8) is 0 Å². The summed E-state index contributed by atoms with van der Waals surface area (Å²) in [5.74, 6) is 0.532. The van der Waals surface area contributed by atoms with Crippen LogP contribution >= 0.6 is 0 Å². The first-order chi connectivity index (χ1) is 12.4. The molecule has 0 spiro atoms. The van der Waals surface area contributed by atoms with Crippen LogP contribution in [0, 0.1) is 19.8 Å². The summed E-state index contributed by atoms with van der Waals surface area (Å²) in [7, 11) is 3.59. The van der Waals surface area contributed by atoms with Gasteiger partial charge in [-0.3, -0.25) is 24.2 Å². The summed E-state index contributed by atoms with van der Waals surface area (Å²) >= 11 is 0. The van der Waals surface area contributed by atoms with Gasteiger partial charge in [0.2, 0.25) is 17.8 Å². The first-order valence-electron chi connectivity index (χ1n) is 8.85. The number of aromatic nitrogens is 5. The quantitative estimate of drug-likeness (QED) is 0.884. The number of amides is 2. The normalized spacial score (nSPS) is 22.9. The summed E-state index contributed by atoms with van der Waals surface area (Å²) in [6, 6.07) is 0.0409. The minimum Gasteiger partial charge on any atom is -0.338 e. The SMILES string of the molecule is Cc1c([C@@H]2[C@@H](C(=O)Nc3nnc(C)n3C3CC3)CC(=O)N2C)cnn1C. The molecule has 2 fully saturated rings. The van der Waals surface area contributed by atoms with Gasteiger partial charge in [0.05, 0.1) is 18.2 Å². The molecule has 1 aliphatic heterocycles. The van der Waals surface area contributed by atoms with Crippen molar-refractivity contribution in [2.24, 2.45) is 13.0 Å². The lowest BCUT2D eigenvalue weighted by atomic mass is 9.93. The molecule has 0 radical (unpaired) electrons. The van der Waals surface area contributed by atoms with E-state index in [-0.39, 0.29) is 24.3 Å². The van der Waals surface area contributed by atoms with Gasteiger partial charge < -0.3 is 4.90 Å². The van der Waals surface area contributed by atoms with Crippen molar-refractivity contribution >= 4 is 17.8 Å². The Kier molecular flexibility index (Phi) is 3.82. The molecule has 1 saturated heterocycles. The molecule has 1 N–H and O–H groups in total. The molecule has 2 atom stereocenters. The van der Waals surface area contributed by atoms with Crippen LogP contribution in [-0.4, -0.2) is 48.3 Å². The van der Waals surface area contributed by atoms with Crippen LogP contribution in [0.4, 0.5) is 5.95 Å². The molecule has 2 aliphatic rings. The van der Waals surface area contributed by atoms with Gasteiger partial charge in [-0.25, -0.2) is 0 Å². The number of nitrogens with zero attached hydrogens (tertiary/aromatic N) is 6. The lowest BCUT2D eigenvalue weighted by Crippen LogP contribution is -2.31. The van der Waals surface area contributed by atoms with Gasteiger partial charge in [-0.2, -0.15) is 5.10 Å². The highest BCUT2D eigenvalue weighted by Gasteiger charge is 2.44. The molecule has 2 aromatic heterocycles. The number of anilines is 1. The predicted octanol–water partition coefficient (Wildman–Crippen LogP) is 1.12. The Hall–Kier alpha value is -2.71. The minimum absolute atomic E-state index is 0.0433. The minimum atomic E-state index is -0.486. The molecule has 9 nitrogen and oxygen atoms in total. The molecular formula is C17H23N7O2. The molecule has 138 valence electrons. The summed E-state index contributed by atoms with van der Waals surface area (Å²) in [5, 5.41) is 15.4. The number of rotatable bonds is 4. The number of carbonyl (C=O) groups excluding carboxylic acids is 2. The summed E-state index contributed by atoms with van der Waals surface area (Å²) in [5.41, 5.74) is 1.85. The molecule has 9 heteroatoms. The van der Waals surface area contributed by atoms with Crippen LogP contribution in [0.15, 0.2) is 6.20 Å². The van der Waals surface area contributed by atoms with Crippen molar-refractivity contribution < 1.29 is 9.59 Å². The highest BCUT2D eigenvalue weighted by Crippen LogP contribution is 2.40. The smallest absolute Gasteiger partial charge is 0.232 e. The maximum absolute atomic E-state index is 13.0. The molecular weight excluding hydrogens is 334 g/mol. The van der Waals surface area contributed by atoms with Gasteiger partial charge in [0.1, 0.15) is 5.82 Å². The highest BCUT2D eigenvalue weighted by molar-refractivity contribution is 5.97. The van der Waals surface area contributed by atoms with Gasteiger partial charge >= 0.3 is 0 Å². The molecule has 0 unspecified atom stereocenters. The molecule has 2 aromatic rings.